The normalized spacial score (nSPS) is 10.6. The molecule has 3 heteroatoms. The van der Waals surface area contributed by atoms with Gasteiger partial charge in [0.05, 0.1) is 5.69 Å². The average Bonchev–Trinajstić information content (AvgIpc) is 2.46. The molecular formula is C17H23N3. The van der Waals surface area contributed by atoms with Crippen LogP contribution >= 0.6 is 0 Å². The van der Waals surface area contributed by atoms with Gasteiger partial charge in [-0.3, -0.25) is 4.98 Å². The van der Waals surface area contributed by atoms with E-state index in [0.29, 0.717) is 0 Å². The average molecular weight is 269 g/mol. The van der Waals surface area contributed by atoms with Gasteiger partial charge in [-0.25, -0.2) is 0 Å². The van der Waals surface area contributed by atoms with Gasteiger partial charge in [0.15, 0.2) is 0 Å². The minimum atomic E-state index is 0.815. The summed E-state index contributed by atoms with van der Waals surface area (Å²) in [4.78, 5) is 6.73. The Morgan fingerprint density at radius 1 is 1.10 bits per heavy atom. The fraction of sp³-hybridized carbons (Fsp3) is 0.353. The molecule has 0 saturated heterocycles. The highest BCUT2D eigenvalue weighted by molar-refractivity contribution is 5.63. The zero-order chi connectivity index (χ0) is 14.4. The van der Waals surface area contributed by atoms with Crippen LogP contribution in [0.1, 0.15) is 25.1 Å². The van der Waals surface area contributed by atoms with Crippen molar-refractivity contribution in [2.75, 3.05) is 18.0 Å². The smallest absolute Gasteiger partial charge is 0.0562 e. The van der Waals surface area contributed by atoms with Crippen molar-refractivity contribution in [3.8, 4) is 0 Å². The van der Waals surface area contributed by atoms with Gasteiger partial charge in [-0.15, -0.1) is 0 Å². The number of rotatable bonds is 6. The van der Waals surface area contributed by atoms with Crippen LogP contribution in [0.2, 0.25) is 0 Å². The Bertz CT molecular complexity index is 551. The van der Waals surface area contributed by atoms with E-state index in [-0.39, 0.29) is 0 Å². The maximum atomic E-state index is 4.42. The summed E-state index contributed by atoms with van der Waals surface area (Å²) < 4.78 is 0. The molecule has 0 spiro atoms. The third kappa shape index (κ3) is 3.58. The van der Waals surface area contributed by atoms with Crippen molar-refractivity contribution in [2.45, 2.75) is 27.3 Å². The fourth-order valence-electron chi connectivity index (χ4n) is 2.29. The van der Waals surface area contributed by atoms with Gasteiger partial charge < -0.3 is 10.2 Å². The minimum absolute atomic E-state index is 0.815. The highest BCUT2D eigenvalue weighted by Gasteiger charge is 2.08. The van der Waals surface area contributed by atoms with Crippen LogP contribution in [0.4, 0.5) is 11.4 Å². The van der Waals surface area contributed by atoms with E-state index in [0.717, 1.165) is 25.3 Å². The zero-order valence-corrected chi connectivity index (χ0v) is 12.6. The first-order valence-electron chi connectivity index (χ1n) is 7.24. The lowest BCUT2D eigenvalue weighted by molar-refractivity contribution is 0.710. The number of hydrogen-bond donors (Lipinski definition) is 1. The van der Waals surface area contributed by atoms with Crippen LogP contribution in [-0.2, 0) is 6.54 Å². The first-order chi connectivity index (χ1) is 9.74. The monoisotopic (exact) mass is 269 g/mol. The van der Waals surface area contributed by atoms with Crippen LogP contribution in [0.5, 0.6) is 0 Å². The summed E-state index contributed by atoms with van der Waals surface area (Å²) in [5.74, 6) is 0. The van der Waals surface area contributed by atoms with E-state index in [1.54, 1.807) is 0 Å². The Labute approximate surface area is 121 Å². The van der Waals surface area contributed by atoms with Crippen LogP contribution in [0.25, 0.3) is 0 Å². The number of nitrogens with zero attached hydrogens (tertiary/aromatic N) is 2. The van der Waals surface area contributed by atoms with E-state index >= 15 is 0 Å². The standard InChI is InChI=1S/C17H23N3/c1-4-18-13-15-12-17(9-10-19-15)20(5-2)16-8-6-7-14(3)11-16/h6-12,18H,4-5,13H2,1-3H3. The summed E-state index contributed by atoms with van der Waals surface area (Å²) >= 11 is 0. The third-order valence-electron chi connectivity index (χ3n) is 3.30. The Hall–Kier alpha value is -1.87. The predicted octanol–water partition coefficient (Wildman–Crippen LogP) is 3.66. The Kier molecular flexibility index (Phi) is 5.13. The van der Waals surface area contributed by atoms with Crippen molar-refractivity contribution in [2.24, 2.45) is 0 Å². The molecule has 0 aliphatic carbocycles. The SMILES string of the molecule is CCNCc1cc(N(CC)c2cccc(C)c2)ccn1. The number of pyridine rings is 1. The van der Waals surface area contributed by atoms with Gasteiger partial charge in [0, 0.05) is 30.7 Å². The molecule has 0 saturated carbocycles. The Balaban J connectivity index is 2.27. The molecule has 3 nitrogen and oxygen atoms in total. The molecule has 0 radical (unpaired) electrons. The van der Waals surface area contributed by atoms with Crippen LogP contribution < -0.4 is 10.2 Å². The summed E-state index contributed by atoms with van der Waals surface area (Å²) in [5.41, 5.74) is 4.78. The molecule has 0 bridgehead atoms. The van der Waals surface area contributed by atoms with Crippen molar-refractivity contribution in [3.63, 3.8) is 0 Å². The van der Waals surface area contributed by atoms with Crippen molar-refractivity contribution in [3.05, 3.63) is 53.9 Å². The summed E-state index contributed by atoms with van der Waals surface area (Å²) in [6, 6.07) is 12.8. The molecule has 0 unspecified atom stereocenters. The van der Waals surface area contributed by atoms with E-state index in [1.165, 1.54) is 16.9 Å². The molecule has 0 aliphatic heterocycles. The van der Waals surface area contributed by atoms with Crippen molar-refractivity contribution in [1.82, 2.24) is 10.3 Å². The van der Waals surface area contributed by atoms with Gasteiger partial charge in [-0.2, -0.15) is 0 Å². The molecule has 1 aromatic carbocycles. The molecule has 1 heterocycles. The van der Waals surface area contributed by atoms with Crippen molar-refractivity contribution in [1.29, 1.82) is 0 Å². The summed E-state index contributed by atoms with van der Waals surface area (Å²) in [7, 11) is 0. The topological polar surface area (TPSA) is 28.2 Å². The van der Waals surface area contributed by atoms with Crippen molar-refractivity contribution < 1.29 is 0 Å². The first kappa shape index (κ1) is 14.5. The van der Waals surface area contributed by atoms with Crippen molar-refractivity contribution >= 4 is 11.4 Å². The molecule has 0 fully saturated rings. The molecule has 1 aromatic heterocycles. The Morgan fingerprint density at radius 2 is 1.90 bits per heavy atom. The molecule has 106 valence electrons. The van der Waals surface area contributed by atoms with E-state index in [2.05, 4.69) is 72.4 Å². The molecule has 0 atom stereocenters. The van der Waals surface area contributed by atoms with E-state index in [4.69, 9.17) is 0 Å². The minimum Gasteiger partial charge on any atom is -0.342 e. The first-order valence-corrected chi connectivity index (χ1v) is 7.24. The van der Waals surface area contributed by atoms with Crippen LogP contribution in [-0.4, -0.2) is 18.1 Å². The highest BCUT2D eigenvalue weighted by atomic mass is 15.1. The zero-order valence-electron chi connectivity index (χ0n) is 12.6. The molecule has 1 N–H and O–H groups in total. The molecule has 0 aliphatic rings. The maximum absolute atomic E-state index is 4.42. The largest absolute Gasteiger partial charge is 0.342 e. The number of aryl methyl sites for hydroxylation is 1. The molecule has 2 rings (SSSR count). The second-order valence-corrected chi connectivity index (χ2v) is 4.87. The van der Waals surface area contributed by atoms with E-state index in [1.807, 2.05) is 6.20 Å². The number of anilines is 2. The van der Waals surface area contributed by atoms with Gasteiger partial charge in [0.25, 0.3) is 0 Å². The molecule has 20 heavy (non-hydrogen) atoms. The number of hydrogen-bond acceptors (Lipinski definition) is 3. The second kappa shape index (κ2) is 7.06. The van der Waals surface area contributed by atoms with Crippen LogP contribution in [0.3, 0.4) is 0 Å². The number of benzene rings is 1. The highest BCUT2D eigenvalue weighted by Crippen LogP contribution is 2.25. The molecule has 0 amide bonds. The van der Waals surface area contributed by atoms with Gasteiger partial charge in [0.2, 0.25) is 0 Å². The lowest BCUT2D eigenvalue weighted by Crippen LogP contribution is -2.18. The summed E-state index contributed by atoms with van der Waals surface area (Å²) in [5, 5.41) is 3.32. The van der Waals surface area contributed by atoms with Gasteiger partial charge in [0.1, 0.15) is 0 Å². The predicted molar refractivity (Wildman–Crippen MR) is 85.5 cm³/mol. The van der Waals surface area contributed by atoms with Crippen LogP contribution in [0, 0.1) is 6.92 Å². The lowest BCUT2D eigenvalue weighted by atomic mass is 10.2. The lowest BCUT2D eigenvalue weighted by Gasteiger charge is -2.24. The molecular weight excluding hydrogens is 246 g/mol. The number of aromatic nitrogens is 1. The summed E-state index contributed by atoms with van der Waals surface area (Å²) in [6.45, 7) is 9.12. The molecule has 2 aromatic rings. The summed E-state index contributed by atoms with van der Waals surface area (Å²) in [6.07, 6.45) is 1.89. The Morgan fingerprint density at radius 3 is 2.60 bits per heavy atom. The maximum Gasteiger partial charge on any atom is 0.0562 e. The van der Waals surface area contributed by atoms with Gasteiger partial charge >= 0.3 is 0 Å². The fourth-order valence-corrected chi connectivity index (χ4v) is 2.29. The van der Waals surface area contributed by atoms with E-state index in [9.17, 15) is 0 Å². The second-order valence-electron chi connectivity index (χ2n) is 4.87. The third-order valence-corrected chi connectivity index (χ3v) is 3.30. The van der Waals surface area contributed by atoms with Gasteiger partial charge in [-0.05, 0) is 50.2 Å². The number of nitrogens with one attached hydrogen (secondary N) is 1. The quantitative estimate of drug-likeness (QED) is 0.867. The van der Waals surface area contributed by atoms with E-state index < -0.39 is 0 Å². The van der Waals surface area contributed by atoms with Crippen LogP contribution in [0.15, 0.2) is 42.6 Å². The van der Waals surface area contributed by atoms with Gasteiger partial charge in [-0.1, -0.05) is 19.1 Å².